The predicted molar refractivity (Wildman–Crippen MR) is 142 cm³/mol. The lowest BCUT2D eigenvalue weighted by Crippen LogP contribution is -2.37. The Balaban J connectivity index is 0.00000385. The molecule has 0 aliphatic heterocycles. The van der Waals surface area contributed by atoms with Gasteiger partial charge < -0.3 is 24.8 Å². The van der Waals surface area contributed by atoms with Crippen molar-refractivity contribution in [3.8, 4) is 23.1 Å². The second kappa shape index (κ2) is 14.2. The number of nitrogens with zero attached hydrogens (tertiary/aromatic N) is 2. The number of nitrogens with one attached hydrogen (secondary N) is 2. The van der Waals surface area contributed by atoms with Crippen molar-refractivity contribution < 1.29 is 14.2 Å². The summed E-state index contributed by atoms with van der Waals surface area (Å²) in [5, 5.41) is 6.63. The summed E-state index contributed by atoms with van der Waals surface area (Å²) in [6.45, 7) is 3.85. The van der Waals surface area contributed by atoms with Crippen LogP contribution in [-0.4, -0.2) is 38.3 Å². The number of hydrogen-bond donors (Lipinski definition) is 2. The SMILES string of the molecule is CCOc1ccccc1Oc1ccc(CNC(=NC)NCCc2ccccc2OC)cn1.I. The largest absolute Gasteiger partial charge is 0.496 e. The van der Waals surface area contributed by atoms with E-state index in [1.807, 2.05) is 61.5 Å². The van der Waals surface area contributed by atoms with Crippen LogP contribution in [0, 0.1) is 0 Å². The fraction of sp³-hybridized carbons (Fsp3) is 0.280. The van der Waals surface area contributed by atoms with Gasteiger partial charge in [0, 0.05) is 32.4 Å². The summed E-state index contributed by atoms with van der Waals surface area (Å²) in [7, 11) is 3.44. The smallest absolute Gasteiger partial charge is 0.219 e. The van der Waals surface area contributed by atoms with E-state index in [-0.39, 0.29) is 24.0 Å². The Labute approximate surface area is 212 Å². The van der Waals surface area contributed by atoms with Gasteiger partial charge in [-0.3, -0.25) is 4.99 Å². The van der Waals surface area contributed by atoms with Crippen molar-refractivity contribution in [1.82, 2.24) is 15.6 Å². The van der Waals surface area contributed by atoms with E-state index in [1.54, 1.807) is 20.4 Å². The Kier molecular flexibility index (Phi) is 11.3. The van der Waals surface area contributed by atoms with Crippen molar-refractivity contribution >= 4 is 29.9 Å². The van der Waals surface area contributed by atoms with Crippen molar-refractivity contribution in [3.05, 3.63) is 78.0 Å². The molecular formula is C25H31IN4O3. The molecule has 0 amide bonds. The van der Waals surface area contributed by atoms with E-state index < -0.39 is 0 Å². The highest BCUT2D eigenvalue weighted by Crippen LogP contribution is 2.30. The van der Waals surface area contributed by atoms with E-state index in [2.05, 4.69) is 26.7 Å². The molecule has 0 bridgehead atoms. The van der Waals surface area contributed by atoms with E-state index in [0.717, 1.165) is 35.8 Å². The van der Waals surface area contributed by atoms with Crippen molar-refractivity contribution in [3.63, 3.8) is 0 Å². The minimum Gasteiger partial charge on any atom is -0.496 e. The number of methoxy groups -OCH3 is 1. The Morgan fingerprint density at radius 3 is 2.33 bits per heavy atom. The molecule has 0 aliphatic rings. The fourth-order valence-electron chi connectivity index (χ4n) is 3.13. The minimum atomic E-state index is 0. The molecule has 1 heterocycles. The van der Waals surface area contributed by atoms with Gasteiger partial charge in [-0.15, -0.1) is 24.0 Å². The normalized spacial score (nSPS) is 10.7. The van der Waals surface area contributed by atoms with Crippen LogP contribution in [0.25, 0.3) is 0 Å². The standard InChI is InChI=1S/C25H30N4O3.HI/c1-4-31-22-11-7-8-12-23(22)32-24-14-13-19(17-28-24)18-29-25(26-2)27-16-15-20-9-5-6-10-21(20)30-3;/h5-14,17H,4,15-16,18H2,1-3H3,(H2,26,27,29);1H. The van der Waals surface area contributed by atoms with Crippen LogP contribution < -0.4 is 24.8 Å². The van der Waals surface area contributed by atoms with Gasteiger partial charge in [0.2, 0.25) is 5.88 Å². The van der Waals surface area contributed by atoms with E-state index in [0.29, 0.717) is 30.5 Å². The third-order valence-corrected chi connectivity index (χ3v) is 4.72. The monoisotopic (exact) mass is 562 g/mol. The summed E-state index contributed by atoms with van der Waals surface area (Å²) in [6, 6.07) is 19.4. The number of halogens is 1. The van der Waals surface area contributed by atoms with Crippen molar-refractivity contribution in [1.29, 1.82) is 0 Å². The zero-order valence-corrected chi connectivity index (χ0v) is 21.5. The molecule has 0 atom stereocenters. The van der Waals surface area contributed by atoms with Crippen LogP contribution in [0.3, 0.4) is 0 Å². The average molecular weight is 562 g/mol. The number of benzene rings is 2. The van der Waals surface area contributed by atoms with Crippen LogP contribution in [0.4, 0.5) is 0 Å². The molecule has 0 saturated carbocycles. The van der Waals surface area contributed by atoms with Gasteiger partial charge in [0.15, 0.2) is 17.5 Å². The summed E-state index contributed by atoms with van der Waals surface area (Å²) in [5.74, 6) is 3.48. The second-order valence-electron chi connectivity index (χ2n) is 6.90. The molecule has 0 aliphatic carbocycles. The molecule has 3 aromatic rings. The highest BCUT2D eigenvalue weighted by molar-refractivity contribution is 14.0. The minimum absolute atomic E-state index is 0. The van der Waals surface area contributed by atoms with Gasteiger partial charge in [-0.05, 0) is 42.7 Å². The van der Waals surface area contributed by atoms with Gasteiger partial charge in [0.05, 0.1) is 13.7 Å². The first-order valence-corrected chi connectivity index (χ1v) is 10.6. The molecule has 176 valence electrons. The maximum atomic E-state index is 5.88. The fourth-order valence-corrected chi connectivity index (χ4v) is 3.13. The number of para-hydroxylation sites is 3. The van der Waals surface area contributed by atoms with E-state index >= 15 is 0 Å². The first-order chi connectivity index (χ1) is 15.7. The first kappa shape index (κ1) is 26.2. The Hall–Kier alpha value is -3.01. The summed E-state index contributed by atoms with van der Waals surface area (Å²) >= 11 is 0. The lowest BCUT2D eigenvalue weighted by Gasteiger charge is -2.13. The van der Waals surface area contributed by atoms with Gasteiger partial charge in [0.1, 0.15) is 5.75 Å². The molecule has 0 saturated heterocycles. The average Bonchev–Trinajstić information content (AvgIpc) is 2.84. The van der Waals surface area contributed by atoms with Crippen molar-refractivity contribution in [2.24, 2.45) is 4.99 Å². The third-order valence-electron chi connectivity index (χ3n) is 4.72. The van der Waals surface area contributed by atoms with Crippen molar-refractivity contribution in [2.75, 3.05) is 27.3 Å². The third kappa shape index (κ3) is 8.12. The maximum absolute atomic E-state index is 5.88. The number of aromatic nitrogens is 1. The number of rotatable bonds is 10. The Morgan fingerprint density at radius 2 is 1.67 bits per heavy atom. The number of ether oxygens (including phenoxy) is 3. The lowest BCUT2D eigenvalue weighted by atomic mass is 10.1. The molecule has 0 unspecified atom stereocenters. The maximum Gasteiger partial charge on any atom is 0.219 e. The molecule has 0 radical (unpaired) electrons. The van der Waals surface area contributed by atoms with Gasteiger partial charge >= 0.3 is 0 Å². The molecule has 2 N–H and O–H groups in total. The summed E-state index contributed by atoms with van der Waals surface area (Å²) in [5.41, 5.74) is 2.17. The topological polar surface area (TPSA) is 77.0 Å². The summed E-state index contributed by atoms with van der Waals surface area (Å²) in [6.07, 6.45) is 2.62. The highest BCUT2D eigenvalue weighted by atomic mass is 127. The van der Waals surface area contributed by atoms with Gasteiger partial charge in [-0.1, -0.05) is 36.4 Å². The van der Waals surface area contributed by atoms with Crippen LogP contribution >= 0.6 is 24.0 Å². The van der Waals surface area contributed by atoms with E-state index in [9.17, 15) is 0 Å². The lowest BCUT2D eigenvalue weighted by molar-refractivity contribution is 0.319. The van der Waals surface area contributed by atoms with Crippen LogP contribution in [0.2, 0.25) is 0 Å². The predicted octanol–water partition coefficient (Wildman–Crippen LogP) is 4.81. The summed E-state index contributed by atoms with van der Waals surface area (Å²) < 4.78 is 16.9. The number of hydrogen-bond acceptors (Lipinski definition) is 5. The molecular weight excluding hydrogens is 531 g/mol. The molecule has 0 spiro atoms. The van der Waals surface area contributed by atoms with Crippen LogP contribution in [0.15, 0.2) is 71.9 Å². The van der Waals surface area contributed by atoms with Gasteiger partial charge in [-0.25, -0.2) is 4.98 Å². The molecule has 8 heteroatoms. The molecule has 33 heavy (non-hydrogen) atoms. The number of pyridine rings is 1. The van der Waals surface area contributed by atoms with Gasteiger partial charge in [0.25, 0.3) is 0 Å². The molecule has 2 aromatic carbocycles. The quantitative estimate of drug-likeness (QED) is 0.210. The van der Waals surface area contributed by atoms with E-state index in [4.69, 9.17) is 14.2 Å². The first-order valence-electron chi connectivity index (χ1n) is 10.6. The zero-order chi connectivity index (χ0) is 22.6. The van der Waals surface area contributed by atoms with Gasteiger partial charge in [-0.2, -0.15) is 0 Å². The van der Waals surface area contributed by atoms with Crippen LogP contribution in [0.1, 0.15) is 18.1 Å². The Morgan fingerprint density at radius 1 is 0.939 bits per heavy atom. The van der Waals surface area contributed by atoms with Crippen LogP contribution in [0.5, 0.6) is 23.1 Å². The van der Waals surface area contributed by atoms with Crippen LogP contribution in [-0.2, 0) is 13.0 Å². The van der Waals surface area contributed by atoms with Crippen molar-refractivity contribution in [2.45, 2.75) is 19.9 Å². The molecule has 1 aromatic heterocycles. The Bertz CT molecular complexity index is 1010. The summed E-state index contributed by atoms with van der Waals surface area (Å²) in [4.78, 5) is 8.69. The zero-order valence-electron chi connectivity index (χ0n) is 19.2. The number of aliphatic imine (C=N–C) groups is 1. The number of guanidine groups is 1. The van der Waals surface area contributed by atoms with E-state index in [1.165, 1.54) is 0 Å². The molecule has 7 nitrogen and oxygen atoms in total. The highest BCUT2D eigenvalue weighted by Gasteiger charge is 2.07. The second-order valence-corrected chi connectivity index (χ2v) is 6.90. The molecule has 0 fully saturated rings. The molecule has 3 rings (SSSR count).